The van der Waals surface area contributed by atoms with Gasteiger partial charge in [-0.05, 0) is 49.2 Å². The third-order valence-electron chi connectivity index (χ3n) is 3.97. The number of nitrogens with zero attached hydrogens (tertiary/aromatic N) is 2. The van der Waals surface area contributed by atoms with Gasteiger partial charge in [0.2, 0.25) is 0 Å². The number of aryl methyl sites for hydroxylation is 1. The van der Waals surface area contributed by atoms with E-state index < -0.39 is 0 Å². The fourth-order valence-electron chi connectivity index (χ4n) is 2.64. The van der Waals surface area contributed by atoms with Crippen LogP contribution in [-0.2, 0) is 0 Å². The Morgan fingerprint density at radius 1 is 1.19 bits per heavy atom. The van der Waals surface area contributed by atoms with Crippen molar-refractivity contribution in [3.8, 4) is 17.2 Å². The lowest BCUT2D eigenvalue weighted by molar-refractivity contribution is 0.102. The summed E-state index contributed by atoms with van der Waals surface area (Å²) in [6.45, 7) is 4.68. The van der Waals surface area contributed by atoms with Crippen molar-refractivity contribution in [1.82, 2.24) is 9.78 Å². The number of benzene rings is 2. The minimum absolute atomic E-state index is 0.284. The monoisotopic (exact) mass is 365 g/mol. The third-order valence-corrected chi connectivity index (χ3v) is 3.97. The molecule has 3 aromatic rings. The number of amides is 1. The highest BCUT2D eigenvalue weighted by molar-refractivity contribution is 6.02. The second kappa shape index (κ2) is 8.40. The maximum atomic E-state index is 12.5. The number of carbonyl (C=O) groups excluding carboxylic acids is 1. The maximum absolute atomic E-state index is 12.5. The number of methoxy groups -OCH3 is 1. The Hall–Kier alpha value is -3.28. The van der Waals surface area contributed by atoms with Gasteiger partial charge in [-0.3, -0.25) is 4.79 Å². The number of rotatable bonds is 7. The Balaban J connectivity index is 1.77. The molecule has 1 heterocycles. The highest BCUT2D eigenvalue weighted by Crippen LogP contribution is 2.24. The van der Waals surface area contributed by atoms with Crippen molar-refractivity contribution in [2.75, 3.05) is 19.0 Å². The van der Waals surface area contributed by atoms with Crippen LogP contribution in [0.3, 0.4) is 0 Å². The molecule has 1 amide bonds. The Kier molecular flexibility index (Phi) is 5.76. The first-order valence-corrected chi connectivity index (χ1v) is 8.85. The van der Waals surface area contributed by atoms with Crippen molar-refractivity contribution >= 4 is 11.6 Å². The molecule has 0 radical (unpaired) electrons. The van der Waals surface area contributed by atoms with Gasteiger partial charge in [-0.25, -0.2) is 4.68 Å². The molecule has 1 N–H and O–H groups in total. The molecule has 0 bridgehead atoms. The average molecular weight is 365 g/mol. The molecule has 0 aliphatic carbocycles. The molecule has 140 valence electrons. The smallest absolute Gasteiger partial charge is 0.276 e. The summed E-state index contributed by atoms with van der Waals surface area (Å²) in [7, 11) is 1.61. The molecule has 0 atom stereocenters. The zero-order chi connectivity index (χ0) is 19.2. The van der Waals surface area contributed by atoms with Gasteiger partial charge < -0.3 is 14.8 Å². The van der Waals surface area contributed by atoms with Crippen molar-refractivity contribution in [2.24, 2.45) is 0 Å². The SMILES string of the molecule is CCCOc1cccc(NC(=O)c2ccn(-c3cc(C)ccc3OC)n2)c1. The molecule has 0 fully saturated rings. The fraction of sp³-hybridized carbons (Fsp3) is 0.238. The highest BCUT2D eigenvalue weighted by atomic mass is 16.5. The molecule has 6 nitrogen and oxygen atoms in total. The molecule has 0 unspecified atom stereocenters. The van der Waals surface area contributed by atoms with Crippen molar-refractivity contribution < 1.29 is 14.3 Å². The van der Waals surface area contributed by atoms with Gasteiger partial charge in [0.25, 0.3) is 5.91 Å². The number of aromatic nitrogens is 2. The maximum Gasteiger partial charge on any atom is 0.276 e. The second-order valence-corrected chi connectivity index (χ2v) is 6.15. The van der Waals surface area contributed by atoms with E-state index in [2.05, 4.69) is 10.4 Å². The fourth-order valence-corrected chi connectivity index (χ4v) is 2.64. The topological polar surface area (TPSA) is 65.4 Å². The van der Waals surface area contributed by atoms with Gasteiger partial charge in [-0.2, -0.15) is 5.10 Å². The molecule has 6 heteroatoms. The molecule has 0 saturated heterocycles. The van der Waals surface area contributed by atoms with Gasteiger partial charge in [0.05, 0.1) is 13.7 Å². The third kappa shape index (κ3) is 4.47. The summed E-state index contributed by atoms with van der Waals surface area (Å²) >= 11 is 0. The summed E-state index contributed by atoms with van der Waals surface area (Å²) in [5, 5.41) is 7.25. The van der Waals surface area contributed by atoms with Crippen molar-refractivity contribution in [2.45, 2.75) is 20.3 Å². The van der Waals surface area contributed by atoms with E-state index in [0.29, 0.717) is 23.7 Å². The van der Waals surface area contributed by atoms with E-state index >= 15 is 0 Å². The Morgan fingerprint density at radius 3 is 2.81 bits per heavy atom. The van der Waals surface area contributed by atoms with Crippen molar-refractivity contribution in [1.29, 1.82) is 0 Å². The zero-order valence-electron chi connectivity index (χ0n) is 15.7. The standard InChI is InChI=1S/C21H23N3O3/c1-4-12-27-17-7-5-6-16(14-17)22-21(25)18-10-11-24(23-18)19-13-15(2)8-9-20(19)26-3/h5-11,13-14H,4,12H2,1-3H3,(H,22,25). The van der Waals surface area contributed by atoms with Crippen LogP contribution in [0.4, 0.5) is 5.69 Å². The number of carbonyl (C=O) groups is 1. The number of anilines is 1. The highest BCUT2D eigenvalue weighted by Gasteiger charge is 2.13. The normalized spacial score (nSPS) is 10.5. The van der Waals surface area contributed by atoms with Crippen LogP contribution in [0.2, 0.25) is 0 Å². The second-order valence-electron chi connectivity index (χ2n) is 6.15. The summed E-state index contributed by atoms with van der Waals surface area (Å²) in [6, 6.07) is 14.8. The predicted octanol–water partition coefficient (Wildman–Crippen LogP) is 4.23. The minimum atomic E-state index is -0.284. The van der Waals surface area contributed by atoms with E-state index in [1.165, 1.54) is 0 Å². The number of nitrogens with one attached hydrogen (secondary N) is 1. The first-order valence-electron chi connectivity index (χ1n) is 8.85. The number of hydrogen-bond acceptors (Lipinski definition) is 4. The van der Waals surface area contributed by atoms with E-state index in [0.717, 1.165) is 23.4 Å². The lowest BCUT2D eigenvalue weighted by Gasteiger charge is -2.09. The molecule has 0 aliphatic rings. The van der Waals surface area contributed by atoms with Crippen molar-refractivity contribution in [3.63, 3.8) is 0 Å². The number of ether oxygens (including phenoxy) is 2. The molecular weight excluding hydrogens is 342 g/mol. The van der Waals surface area contributed by atoms with Crippen molar-refractivity contribution in [3.05, 3.63) is 66.0 Å². The van der Waals surface area contributed by atoms with E-state index in [9.17, 15) is 4.79 Å². The van der Waals surface area contributed by atoms with E-state index in [-0.39, 0.29) is 5.91 Å². The molecule has 1 aromatic heterocycles. The summed E-state index contributed by atoms with van der Waals surface area (Å²) in [5.74, 6) is 1.13. The van der Waals surface area contributed by atoms with Gasteiger partial charge in [0.15, 0.2) is 5.69 Å². The van der Waals surface area contributed by atoms with Crippen LogP contribution < -0.4 is 14.8 Å². The summed E-state index contributed by atoms with van der Waals surface area (Å²) in [6.07, 6.45) is 2.67. The first kappa shape index (κ1) is 18.5. The van der Waals surface area contributed by atoms with Crippen LogP contribution in [-0.4, -0.2) is 29.4 Å². The molecule has 2 aromatic carbocycles. The van der Waals surface area contributed by atoms with Crippen LogP contribution in [0.25, 0.3) is 5.69 Å². The van der Waals surface area contributed by atoms with Crippen LogP contribution in [0.1, 0.15) is 29.4 Å². The van der Waals surface area contributed by atoms with Crippen LogP contribution >= 0.6 is 0 Å². The summed E-state index contributed by atoms with van der Waals surface area (Å²) in [4.78, 5) is 12.5. The molecule has 27 heavy (non-hydrogen) atoms. The molecular formula is C21H23N3O3. The predicted molar refractivity (Wildman–Crippen MR) is 105 cm³/mol. The van der Waals surface area contributed by atoms with E-state index in [4.69, 9.17) is 9.47 Å². The largest absolute Gasteiger partial charge is 0.494 e. The van der Waals surface area contributed by atoms with E-state index in [1.54, 1.807) is 30.1 Å². The van der Waals surface area contributed by atoms with Gasteiger partial charge >= 0.3 is 0 Å². The lowest BCUT2D eigenvalue weighted by Crippen LogP contribution is -2.13. The Labute approximate surface area is 158 Å². The van der Waals surface area contributed by atoms with Gasteiger partial charge in [-0.15, -0.1) is 0 Å². The average Bonchev–Trinajstić information content (AvgIpc) is 3.17. The van der Waals surface area contributed by atoms with Gasteiger partial charge in [-0.1, -0.05) is 19.1 Å². The summed E-state index contributed by atoms with van der Waals surface area (Å²) < 4.78 is 12.6. The zero-order valence-corrected chi connectivity index (χ0v) is 15.7. The number of hydrogen-bond donors (Lipinski definition) is 1. The van der Waals surface area contributed by atoms with Gasteiger partial charge in [0.1, 0.15) is 17.2 Å². The molecule has 0 spiro atoms. The van der Waals surface area contributed by atoms with Gasteiger partial charge in [0, 0.05) is 18.0 Å². The molecule has 3 rings (SSSR count). The Bertz CT molecular complexity index is 934. The van der Waals surface area contributed by atoms with Crippen LogP contribution in [0.15, 0.2) is 54.7 Å². The minimum Gasteiger partial charge on any atom is -0.494 e. The molecule has 0 aliphatic heterocycles. The lowest BCUT2D eigenvalue weighted by atomic mass is 10.2. The Morgan fingerprint density at radius 2 is 2.04 bits per heavy atom. The quantitative estimate of drug-likeness (QED) is 0.680. The van der Waals surface area contributed by atoms with Crippen LogP contribution in [0, 0.1) is 6.92 Å². The summed E-state index contributed by atoms with van der Waals surface area (Å²) in [5.41, 5.74) is 2.84. The first-order chi connectivity index (χ1) is 13.1. The van der Waals surface area contributed by atoms with Crippen LogP contribution in [0.5, 0.6) is 11.5 Å². The molecule has 0 saturated carbocycles. The van der Waals surface area contributed by atoms with E-state index in [1.807, 2.05) is 50.2 Å².